The molecule has 98 valence electrons. The van der Waals surface area contributed by atoms with Crippen molar-refractivity contribution in [1.29, 1.82) is 0 Å². The van der Waals surface area contributed by atoms with E-state index in [9.17, 15) is 4.79 Å². The fourth-order valence-electron chi connectivity index (χ4n) is 2.36. The van der Waals surface area contributed by atoms with Crippen molar-refractivity contribution >= 4 is 5.91 Å². The topological polar surface area (TPSA) is 38.3 Å². The number of carbonyl (C=O) groups excluding carboxylic acids is 1. The number of amides is 1. The second-order valence-electron chi connectivity index (χ2n) is 4.65. The second-order valence-corrected chi connectivity index (χ2v) is 4.65. The predicted molar refractivity (Wildman–Crippen MR) is 71.9 cm³/mol. The molecule has 0 bridgehead atoms. The lowest BCUT2D eigenvalue weighted by molar-refractivity contribution is -0.120. The van der Waals surface area contributed by atoms with Gasteiger partial charge in [-0.25, -0.2) is 0 Å². The average Bonchev–Trinajstić information content (AvgIpc) is 2.43. The van der Waals surface area contributed by atoms with Crippen LogP contribution in [0.2, 0.25) is 0 Å². The normalized spacial score (nSPS) is 13.8. The summed E-state index contributed by atoms with van der Waals surface area (Å²) in [5, 5.41) is 2.82. The van der Waals surface area contributed by atoms with E-state index in [-0.39, 0.29) is 5.91 Å². The van der Waals surface area contributed by atoms with Crippen LogP contribution in [0.1, 0.15) is 37.3 Å². The largest absolute Gasteiger partial charge is 0.491 e. The SMILES string of the molecule is CCC(=O)NCCOc1cccc2c1CCCC2. The van der Waals surface area contributed by atoms with Gasteiger partial charge in [0.1, 0.15) is 12.4 Å². The zero-order valence-electron chi connectivity index (χ0n) is 11.0. The number of hydrogen-bond acceptors (Lipinski definition) is 2. The van der Waals surface area contributed by atoms with E-state index < -0.39 is 0 Å². The minimum Gasteiger partial charge on any atom is -0.491 e. The lowest BCUT2D eigenvalue weighted by Gasteiger charge is -2.19. The summed E-state index contributed by atoms with van der Waals surface area (Å²) in [4.78, 5) is 11.1. The van der Waals surface area contributed by atoms with E-state index >= 15 is 0 Å². The smallest absolute Gasteiger partial charge is 0.219 e. The molecule has 1 aromatic carbocycles. The van der Waals surface area contributed by atoms with Crippen LogP contribution in [0, 0.1) is 0 Å². The molecule has 1 aromatic rings. The molecule has 18 heavy (non-hydrogen) atoms. The monoisotopic (exact) mass is 247 g/mol. The molecule has 0 atom stereocenters. The quantitative estimate of drug-likeness (QED) is 0.812. The Kier molecular flexibility index (Phi) is 4.62. The van der Waals surface area contributed by atoms with Gasteiger partial charge >= 0.3 is 0 Å². The van der Waals surface area contributed by atoms with Gasteiger partial charge in [-0.15, -0.1) is 0 Å². The van der Waals surface area contributed by atoms with Gasteiger partial charge in [0, 0.05) is 6.42 Å². The Morgan fingerprint density at radius 1 is 1.33 bits per heavy atom. The molecular formula is C15H21NO2. The predicted octanol–water partition coefficient (Wildman–Crippen LogP) is 2.47. The van der Waals surface area contributed by atoms with Crippen molar-refractivity contribution in [1.82, 2.24) is 5.32 Å². The Morgan fingerprint density at radius 2 is 2.17 bits per heavy atom. The summed E-state index contributed by atoms with van der Waals surface area (Å²) in [7, 11) is 0. The average molecular weight is 247 g/mol. The van der Waals surface area contributed by atoms with Gasteiger partial charge in [0.05, 0.1) is 6.54 Å². The maximum atomic E-state index is 11.1. The van der Waals surface area contributed by atoms with Gasteiger partial charge in [-0.1, -0.05) is 19.1 Å². The Balaban J connectivity index is 1.88. The number of ether oxygens (including phenoxy) is 1. The Bertz CT molecular complexity index is 415. The van der Waals surface area contributed by atoms with E-state index in [0.717, 1.165) is 12.2 Å². The van der Waals surface area contributed by atoms with Crippen molar-refractivity contribution in [2.24, 2.45) is 0 Å². The van der Waals surface area contributed by atoms with Crippen molar-refractivity contribution in [3.8, 4) is 5.75 Å². The van der Waals surface area contributed by atoms with Gasteiger partial charge in [0.2, 0.25) is 5.91 Å². The van der Waals surface area contributed by atoms with Gasteiger partial charge in [-0.05, 0) is 42.9 Å². The zero-order valence-corrected chi connectivity index (χ0v) is 11.0. The molecule has 2 rings (SSSR count). The number of aryl methyl sites for hydroxylation is 1. The first kappa shape index (κ1) is 12.9. The molecule has 0 fully saturated rings. The highest BCUT2D eigenvalue weighted by molar-refractivity contribution is 5.75. The third-order valence-electron chi connectivity index (χ3n) is 3.36. The molecule has 0 spiro atoms. The van der Waals surface area contributed by atoms with Crippen LogP contribution >= 0.6 is 0 Å². The third-order valence-corrected chi connectivity index (χ3v) is 3.36. The fraction of sp³-hybridized carbons (Fsp3) is 0.533. The van der Waals surface area contributed by atoms with E-state index in [0.29, 0.717) is 19.6 Å². The van der Waals surface area contributed by atoms with E-state index in [4.69, 9.17) is 4.74 Å². The van der Waals surface area contributed by atoms with E-state index in [2.05, 4.69) is 17.4 Å². The summed E-state index contributed by atoms with van der Waals surface area (Å²) in [6, 6.07) is 6.29. The van der Waals surface area contributed by atoms with Crippen LogP contribution in [0.25, 0.3) is 0 Å². The minimum absolute atomic E-state index is 0.0775. The van der Waals surface area contributed by atoms with Crippen LogP contribution in [-0.4, -0.2) is 19.1 Å². The van der Waals surface area contributed by atoms with Gasteiger partial charge in [-0.3, -0.25) is 4.79 Å². The van der Waals surface area contributed by atoms with Crippen molar-refractivity contribution in [3.63, 3.8) is 0 Å². The molecule has 0 heterocycles. The van der Waals surface area contributed by atoms with E-state index in [1.165, 1.54) is 30.4 Å². The molecule has 3 heteroatoms. The Labute approximate surface area is 109 Å². The number of rotatable bonds is 5. The summed E-state index contributed by atoms with van der Waals surface area (Å²) in [6.07, 6.45) is 5.34. The van der Waals surface area contributed by atoms with E-state index in [1.807, 2.05) is 13.0 Å². The van der Waals surface area contributed by atoms with Crippen LogP contribution in [0.3, 0.4) is 0 Å². The van der Waals surface area contributed by atoms with Gasteiger partial charge in [0.25, 0.3) is 0 Å². The molecule has 1 aliphatic rings. The van der Waals surface area contributed by atoms with Crippen LogP contribution in [0.5, 0.6) is 5.75 Å². The van der Waals surface area contributed by atoms with Gasteiger partial charge in [0.15, 0.2) is 0 Å². The number of nitrogens with one attached hydrogen (secondary N) is 1. The fourth-order valence-corrected chi connectivity index (χ4v) is 2.36. The van der Waals surface area contributed by atoms with Crippen LogP contribution in [0.15, 0.2) is 18.2 Å². The molecule has 0 radical (unpaired) electrons. The van der Waals surface area contributed by atoms with Gasteiger partial charge in [-0.2, -0.15) is 0 Å². The molecule has 0 unspecified atom stereocenters. The molecule has 1 N–H and O–H groups in total. The third kappa shape index (κ3) is 3.25. The van der Waals surface area contributed by atoms with Gasteiger partial charge < -0.3 is 10.1 Å². The first-order valence-corrected chi connectivity index (χ1v) is 6.81. The molecular weight excluding hydrogens is 226 g/mol. The number of hydrogen-bond donors (Lipinski definition) is 1. The summed E-state index contributed by atoms with van der Waals surface area (Å²) < 4.78 is 5.78. The van der Waals surface area contributed by atoms with Crippen molar-refractivity contribution < 1.29 is 9.53 Å². The maximum Gasteiger partial charge on any atom is 0.219 e. The highest BCUT2D eigenvalue weighted by atomic mass is 16.5. The Hall–Kier alpha value is -1.51. The lowest BCUT2D eigenvalue weighted by Crippen LogP contribution is -2.27. The van der Waals surface area contributed by atoms with Crippen molar-refractivity contribution in [2.45, 2.75) is 39.0 Å². The standard InChI is InChI=1S/C15H21NO2/c1-2-15(17)16-10-11-18-14-9-5-7-12-6-3-4-8-13(12)14/h5,7,9H,2-4,6,8,10-11H2,1H3,(H,16,17). The molecule has 0 aliphatic heterocycles. The number of fused-ring (bicyclic) bond motifs is 1. The highest BCUT2D eigenvalue weighted by Crippen LogP contribution is 2.29. The molecule has 0 saturated heterocycles. The maximum absolute atomic E-state index is 11.1. The molecule has 1 aliphatic carbocycles. The molecule has 0 aromatic heterocycles. The number of benzene rings is 1. The van der Waals surface area contributed by atoms with E-state index in [1.54, 1.807) is 0 Å². The minimum atomic E-state index is 0.0775. The molecule has 0 saturated carbocycles. The number of carbonyl (C=O) groups is 1. The zero-order chi connectivity index (χ0) is 12.8. The van der Waals surface area contributed by atoms with Crippen molar-refractivity contribution in [2.75, 3.05) is 13.2 Å². The van der Waals surface area contributed by atoms with Crippen LogP contribution in [0.4, 0.5) is 0 Å². The molecule has 1 amide bonds. The second kappa shape index (κ2) is 6.43. The Morgan fingerprint density at radius 3 is 3.00 bits per heavy atom. The first-order chi connectivity index (χ1) is 8.81. The summed E-state index contributed by atoms with van der Waals surface area (Å²) in [5.74, 6) is 1.08. The highest BCUT2D eigenvalue weighted by Gasteiger charge is 2.13. The van der Waals surface area contributed by atoms with Crippen LogP contribution in [-0.2, 0) is 17.6 Å². The summed E-state index contributed by atoms with van der Waals surface area (Å²) in [5.41, 5.74) is 2.79. The van der Waals surface area contributed by atoms with Crippen LogP contribution < -0.4 is 10.1 Å². The van der Waals surface area contributed by atoms with Crippen molar-refractivity contribution in [3.05, 3.63) is 29.3 Å². The summed E-state index contributed by atoms with van der Waals surface area (Å²) in [6.45, 7) is 2.97. The first-order valence-electron chi connectivity index (χ1n) is 6.81. The summed E-state index contributed by atoms with van der Waals surface area (Å²) >= 11 is 0. The molecule has 3 nitrogen and oxygen atoms in total. The lowest BCUT2D eigenvalue weighted by atomic mass is 9.91.